The molecule has 1 saturated heterocycles. The molecule has 0 N–H and O–H groups in total. The van der Waals surface area contributed by atoms with Crippen LogP contribution in [0.4, 0.5) is 0 Å². The summed E-state index contributed by atoms with van der Waals surface area (Å²) >= 11 is 0. The van der Waals surface area contributed by atoms with Gasteiger partial charge in [0.2, 0.25) is 5.91 Å². The molecule has 8 heteroatoms. The molecule has 0 bridgehead atoms. The van der Waals surface area contributed by atoms with Crippen LogP contribution in [0.15, 0.2) is 42.7 Å². The second-order valence-electron chi connectivity index (χ2n) is 8.07. The van der Waals surface area contributed by atoms with Gasteiger partial charge in [-0.25, -0.2) is 4.98 Å². The molecule has 8 nitrogen and oxygen atoms in total. The van der Waals surface area contributed by atoms with Crippen LogP contribution in [0.1, 0.15) is 34.6 Å². The van der Waals surface area contributed by atoms with E-state index in [0.717, 1.165) is 25.3 Å². The lowest BCUT2D eigenvalue weighted by molar-refractivity contribution is -0.133. The van der Waals surface area contributed by atoms with Crippen molar-refractivity contribution in [3.8, 4) is 0 Å². The Kier molecular flexibility index (Phi) is 9.13. The molecule has 0 saturated carbocycles. The molecule has 2 aromatic rings. The maximum Gasteiger partial charge on any atom is 0.274 e. The summed E-state index contributed by atoms with van der Waals surface area (Å²) in [6.07, 6.45) is 4.08. The molecule has 0 unspecified atom stereocenters. The number of benzene rings is 1. The van der Waals surface area contributed by atoms with Crippen molar-refractivity contribution in [2.24, 2.45) is 0 Å². The van der Waals surface area contributed by atoms with E-state index in [0.29, 0.717) is 51.3 Å². The molecule has 0 radical (unpaired) electrons. The van der Waals surface area contributed by atoms with Gasteiger partial charge in [0.05, 0.1) is 11.9 Å². The summed E-state index contributed by atoms with van der Waals surface area (Å²) < 4.78 is 5.12. The smallest absolute Gasteiger partial charge is 0.274 e. The number of methoxy groups -OCH3 is 1. The molecular formula is C24H33N5O3. The first-order valence-corrected chi connectivity index (χ1v) is 11.2. The molecule has 3 rings (SSSR count). The average molecular weight is 440 g/mol. The summed E-state index contributed by atoms with van der Waals surface area (Å²) in [6, 6.07) is 10.4. The number of piperazine rings is 1. The zero-order valence-electron chi connectivity index (χ0n) is 19.1. The van der Waals surface area contributed by atoms with E-state index in [2.05, 4.69) is 39.1 Å². The third kappa shape index (κ3) is 7.10. The lowest BCUT2D eigenvalue weighted by Crippen LogP contribution is -2.49. The first-order valence-electron chi connectivity index (χ1n) is 11.2. The fraction of sp³-hybridized carbons (Fsp3) is 0.500. The third-order valence-corrected chi connectivity index (χ3v) is 5.63. The van der Waals surface area contributed by atoms with E-state index in [9.17, 15) is 9.59 Å². The zero-order chi connectivity index (χ0) is 22.8. The van der Waals surface area contributed by atoms with Crippen molar-refractivity contribution in [3.63, 3.8) is 0 Å². The third-order valence-electron chi connectivity index (χ3n) is 5.63. The van der Waals surface area contributed by atoms with Gasteiger partial charge in [0, 0.05) is 72.1 Å². The van der Waals surface area contributed by atoms with Crippen LogP contribution in [-0.4, -0.2) is 89.5 Å². The Balaban J connectivity index is 1.49. The number of carbonyl (C=O) groups excluding carboxylic acids is 2. The monoisotopic (exact) mass is 439 g/mol. The van der Waals surface area contributed by atoms with Crippen molar-refractivity contribution >= 4 is 11.8 Å². The SMILES string of the molecule is COCCCN(CCC(=O)N1CCN(Cc2ccccc2)CC1)C(=O)c1cnc(C)cn1. The number of rotatable bonds is 10. The molecule has 1 fully saturated rings. The first kappa shape index (κ1) is 23.8. The van der Waals surface area contributed by atoms with Gasteiger partial charge in [0.1, 0.15) is 5.69 Å². The Morgan fingerprint density at radius 2 is 1.78 bits per heavy atom. The molecule has 172 valence electrons. The molecule has 1 aromatic heterocycles. The van der Waals surface area contributed by atoms with E-state index in [1.54, 1.807) is 18.2 Å². The first-order chi connectivity index (χ1) is 15.6. The number of aryl methyl sites for hydroxylation is 1. The normalized spacial score (nSPS) is 14.4. The van der Waals surface area contributed by atoms with Gasteiger partial charge < -0.3 is 14.5 Å². The van der Waals surface area contributed by atoms with E-state index in [4.69, 9.17) is 4.74 Å². The molecule has 32 heavy (non-hydrogen) atoms. The fourth-order valence-corrected chi connectivity index (χ4v) is 3.77. The van der Waals surface area contributed by atoms with Crippen LogP contribution in [0.2, 0.25) is 0 Å². The summed E-state index contributed by atoms with van der Waals surface area (Å²) in [5.41, 5.74) is 2.35. The summed E-state index contributed by atoms with van der Waals surface area (Å²) in [4.78, 5) is 40.1. The highest BCUT2D eigenvalue weighted by atomic mass is 16.5. The van der Waals surface area contributed by atoms with Crippen molar-refractivity contribution in [2.75, 3.05) is 53.0 Å². The second kappa shape index (κ2) is 12.3. The van der Waals surface area contributed by atoms with Gasteiger partial charge in [-0.3, -0.25) is 19.5 Å². The second-order valence-corrected chi connectivity index (χ2v) is 8.07. The quantitative estimate of drug-likeness (QED) is 0.527. The number of amides is 2. The molecule has 1 aliphatic rings. The fourth-order valence-electron chi connectivity index (χ4n) is 3.77. The van der Waals surface area contributed by atoms with Crippen LogP contribution in [0.5, 0.6) is 0 Å². The van der Waals surface area contributed by atoms with Gasteiger partial charge in [-0.15, -0.1) is 0 Å². The van der Waals surface area contributed by atoms with Gasteiger partial charge in [0.25, 0.3) is 5.91 Å². The van der Waals surface area contributed by atoms with Crippen LogP contribution in [-0.2, 0) is 16.1 Å². The molecule has 0 aliphatic carbocycles. The number of ether oxygens (including phenoxy) is 1. The molecule has 0 spiro atoms. The van der Waals surface area contributed by atoms with E-state index in [-0.39, 0.29) is 11.8 Å². The Morgan fingerprint density at radius 3 is 2.44 bits per heavy atom. The topological polar surface area (TPSA) is 78.9 Å². The zero-order valence-corrected chi connectivity index (χ0v) is 19.1. The highest BCUT2D eigenvalue weighted by Gasteiger charge is 2.23. The van der Waals surface area contributed by atoms with Crippen LogP contribution < -0.4 is 0 Å². The van der Waals surface area contributed by atoms with Gasteiger partial charge in [-0.1, -0.05) is 30.3 Å². The molecule has 2 heterocycles. The predicted octanol–water partition coefficient (Wildman–Crippen LogP) is 2.00. The molecule has 0 atom stereocenters. The Morgan fingerprint density at radius 1 is 1.03 bits per heavy atom. The van der Waals surface area contributed by atoms with E-state index >= 15 is 0 Å². The summed E-state index contributed by atoms with van der Waals surface area (Å²) in [6.45, 7) is 7.31. The van der Waals surface area contributed by atoms with E-state index in [1.165, 1.54) is 11.8 Å². The van der Waals surface area contributed by atoms with Crippen molar-refractivity contribution in [2.45, 2.75) is 26.3 Å². The van der Waals surface area contributed by atoms with Gasteiger partial charge in [-0.2, -0.15) is 0 Å². The number of nitrogens with zero attached hydrogens (tertiary/aromatic N) is 5. The molecule has 1 aromatic carbocycles. The van der Waals surface area contributed by atoms with E-state index in [1.807, 2.05) is 17.9 Å². The van der Waals surface area contributed by atoms with Crippen LogP contribution in [0, 0.1) is 6.92 Å². The standard InChI is InChI=1S/C24H33N5O3/c1-20-17-26-22(18-25-20)24(31)29(10-6-16-32-2)11-9-23(30)28-14-12-27(13-15-28)19-21-7-4-3-5-8-21/h3-5,7-8,17-18H,6,9-16,19H2,1-2H3. The van der Waals surface area contributed by atoms with Crippen molar-refractivity contribution in [1.82, 2.24) is 24.7 Å². The minimum absolute atomic E-state index is 0.0869. The summed E-state index contributed by atoms with van der Waals surface area (Å²) in [5, 5.41) is 0. The average Bonchev–Trinajstić information content (AvgIpc) is 2.82. The number of carbonyl (C=O) groups is 2. The summed E-state index contributed by atoms with van der Waals surface area (Å²) in [7, 11) is 1.64. The highest BCUT2D eigenvalue weighted by Crippen LogP contribution is 2.10. The Labute approximate surface area is 190 Å². The Hall–Kier alpha value is -2.84. The van der Waals surface area contributed by atoms with Crippen LogP contribution in [0.3, 0.4) is 0 Å². The highest BCUT2D eigenvalue weighted by molar-refractivity contribution is 5.92. The Bertz CT molecular complexity index is 852. The van der Waals surface area contributed by atoms with Crippen molar-refractivity contribution in [1.29, 1.82) is 0 Å². The maximum absolute atomic E-state index is 12.9. The number of aromatic nitrogens is 2. The molecular weight excluding hydrogens is 406 g/mol. The predicted molar refractivity (Wildman–Crippen MR) is 122 cm³/mol. The van der Waals surface area contributed by atoms with Crippen LogP contribution in [0.25, 0.3) is 0 Å². The minimum atomic E-state index is -0.200. The lowest BCUT2D eigenvalue weighted by atomic mass is 10.2. The van der Waals surface area contributed by atoms with Gasteiger partial charge in [0.15, 0.2) is 0 Å². The maximum atomic E-state index is 12.9. The van der Waals surface area contributed by atoms with Gasteiger partial charge >= 0.3 is 0 Å². The minimum Gasteiger partial charge on any atom is -0.385 e. The van der Waals surface area contributed by atoms with Crippen molar-refractivity contribution in [3.05, 3.63) is 59.7 Å². The van der Waals surface area contributed by atoms with Crippen molar-refractivity contribution < 1.29 is 14.3 Å². The number of hydrogen-bond acceptors (Lipinski definition) is 6. The molecule has 2 amide bonds. The van der Waals surface area contributed by atoms with E-state index < -0.39 is 0 Å². The molecule has 1 aliphatic heterocycles. The largest absolute Gasteiger partial charge is 0.385 e. The van der Waals surface area contributed by atoms with Gasteiger partial charge in [-0.05, 0) is 18.9 Å². The number of hydrogen-bond donors (Lipinski definition) is 0. The van der Waals surface area contributed by atoms with Crippen LogP contribution >= 0.6 is 0 Å². The lowest BCUT2D eigenvalue weighted by Gasteiger charge is -2.35. The summed E-state index contributed by atoms with van der Waals surface area (Å²) in [5.74, 6) is -0.113.